The fourth-order valence-corrected chi connectivity index (χ4v) is 2.12. The second-order valence-corrected chi connectivity index (χ2v) is 5.05. The van der Waals surface area contributed by atoms with Crippen LogP contribution >= 0.6 is 0 Å². The molecule has 0 fully saturated rings. The summed E-state index contributed by atoms with van der Waals surface area (Å²) < 4.78 is 0. The van der Waals surface area contributed by atoms with E-state index in [0.29, 0.717) is 11.5 Å². The number of hydrogen-bond acceptors (Lipinski definition) is 4. The highest BCUT2D eigenvalue weighted by molar-refractivity contribution is 6.03. The summed E-state index contributed by atoms with van der Waals surface area (Å²) in [7, 11) is 0. The van der Waals surface area contributed by atoms with Crippen LogP contribution in [0.2, 0.25) is 0 Å². The minimum absolute atomic E-state index is 0.272. The number of rotatable bonds is 4. The second-order valence-electron chi connectivity index (χ2n) is 5.05. The number of carbonyl (C=O) groups excluding carboxylic acids is 1. The van der Waals surface area contributed by atoms with Crippen LogP contribution in [0.3, 0.4) is 0 Å². The Morgan fingerprint density at radius 2 is 1.70 bits per heavy atom. The molecule has 0 radical (unpaired) electrons. The van der Waals surface area contributed by atoms with Crippen LogP contribution in [-0.2, 0) is 0 Å². The van der Waals surface area contributed by atoms with E-state index >= 15 is 0 Å². The van der Waals surface area contributed by atoms with Gasteiger partial charge >= 0.3 is 0 Å². The van der Waals surface area contributed by atoms with Gasteiger partial charge in [-0.3, -0.25) is 4.79 Å². The van der Waals surface area contributed by atoms with Gasteiger partial charge in [0.1, 0.15) is 17.8 Å². The number of nitrogens with zero attached hydrogens (tertiary/aromatic N) is 2. The van der Waals surface area contributed by atoms with Crippen molar-refractivity contribution in [1.29, 1.82) is 0 Å². The molecule has 0 spiro atoms. The van der Waals surface area contributed by atoms with Crippen molar-refractivity contribution in [2.24, 2.45) is 0 Å². The molecule has 114 valence electrons. The van der Waals surface area contributed by atoms with E-state index in [0.717, 1.165) is 16.9 Å². The van der Waals surface area contributed by atoms with Crippen molar-refractivity contribution in [3.63, 3.8) is 0 Å². The third kappa shape index (κ3) is 3.71. The minimum atomic E-state index is -0.272. The lowest BCUT2D eigenvalue weighted by Crippen LogP contribution is -2.14. The van der Waals surface area contributed by atoms with Crippen LogP contribution in [0.1, 0.15) is 16.1 Å². The van der Waals surface area contributed by atoms with E-state index in [1.54, 1.807) is 6.07 Å². The molecule has 0 aliphatic carbocycles. The molecule has 3 aromatic rings. The summed E-state index contributed by atoms with van der Waals surface area (Å²) in [5.41, 5.74) is 3.08. The Kier molecular flexibility index (Phi) is 4.29. The molecule has 0 unspecified atom stereocenters. The molecule has 1 aromatic heterocycles. The average molecular weight is 304 g/mol. The Bertz CT molecular complexity index is 818. The number of carbonyl (C=O) groups is 1. The zero-order valence-corrected chi connectivity index (χ0v) is 12.7. The molecule has 1 amide bonds. The summed E-state index contributed by atoms with van der Waals surface area (Å²) in [6.45, 7) is 2.01. The smallest absolute Gasteiger partial charge is 0.274 e. The Balaban J connectivity index is 1.77. The van der Waals surface area contributed by atoms with E-state index in [9.17, 15) is 4.79 Å². The van der Waals surface area contributed by atoms with Crippen molar-refractivity contribution < 1.29 is 4.79 Å². The molecule has 5 nitrogen and oxygen atoms in total. The van der Waals surface area contributed by atoms with Crippen LogP contribution in [0.15, 0.2) is 67.0 Å². The number of para-hydroxylation sites is 2. The van der Waals surface area contributed by atoms with Crippen molar-refractivity contribution in [3.8, 4) is 0 Å². The van der Waals surface area contributed by atoms with Gasteiger partial charge in [-0.1, -0.05) is 36.4 Å². The summed E-state index contributed by atoms with van der Waals surface area (Å²) in [6, 6.07) is 18.8. The Hall–Kier alpha value is -3.21. The summed E-state index contributed by atoms with van der Waals surface area (Å²) in [4.78, 5) is 20.5. The van der Waals surface area contributed by atoms with Gasteiger partial charge in [-0.25, -0.2) is 9.97 Å². The van der Waals surface area contributed by atoms with Gasteiger partial charge in [-0.2, -0.15) is 0 Å². The monoisotopic (exact) mass is 304 g/mol. The predicted octanol–water partition coefficient (Wildman–Crippen LogP) is 3.78. The molecule has 3 rings (SSSR count). The van der Waals surface area contributed by atoms with E-state index in [4.69, 9.17) is 0 Å². The fourth-order valence-electron chi connectivity index (χ4n) is 2.12. The molecular formula is C18H16N4O. The SMILES string of the molecule is Cc1ccccc1Nc1cc(C(=O)Nc2ccccc2)ncn1. The normalized spacial score (nSPS) is 10.1. The van der Waals surface area contributed by atoms with Gasteiger partial charge in [0, 0.05) is 17.4 Å². The average Bonchev–Trinajstić information content (AvgIpc) is 2.58. The van der Waals surface area contributed by atoms with Crippen LogP contribution in [0.25, 0.3) is 0 Å². The fraction of sp³-hybridized carbons (Fsp3) is 0.0556. The number of amides is 1. The largest absolute Gasteiger partial charge is 0.340 e. The van der Waals surface area contributed by atoms with Crippen molar-refractivity contribution >= 4 is 23.1 Å². The molecule has 1 heterocycles. The van der Waals surface area contributed by atoms with E-state index in [-0.39, 0.29) is 5.91 Å². The van der Waals surface area contributed by atoms with E-state index in [1.807, 2.05) is 61.5 Å². The van der Waals surface area contributed by atoms with Gasteiger partial charge in [0.15, 0.2) is 0 Å². The van der Waals surface area contributed by atoms with Crippen molar-refractivity contribution in [2.45, 2.75) is 6.92 Å². The first kappa shape index (κ1) is 14.7. The van der Waals surface area contributed by atoms with Gasteiger partial charge in [0.05, 0.1) is 0 Å². The standard InChI is InChI=1S/C18H16N4O/c1-13-7-5-6-10-15(13)22-17-11-16(19-12-20-17)18(23)21-14-8-3-2-4-9-14/h2-12H,1H3,(H,21,23)(H,19,20,22). The summed E-state index contributed by atoms with van der Waals surface area (Å²) in [5.74, 6) is 0.305. The molecule has 2 aromatic carbocycles. The lowest BCUT2D eigenvalue weighted by atomic mass is 10.2. The molecule has 0 bridgehead atoms. The maximum atomic E-state index is 12.3. The van der Waals surface area contributed by atoms with Gasteiger partial charge in [0.25, 0.3) is 5.91 Å². The number of anilines is 3. The first-order chi connectivity index (χ1) is 11.2. The van der Waals surface area contributed by atoms with Crippen LogP contribution in [0.5, 0.6) is 0 Å². The van der Waals surface area contributed by atoms with E-state index in [1.165, 1.54) is 6.33 Å². The first-order valence-corrected chi connectivity index (χ1v) is 7.23. The molecule has 5 heteroatoms. The maximum absolute atomic E-state index is 12.3. The molecule has 0 aliphatic rings. The molecule has 0 saturated carbocycles. The Labute approximate surface area is 134 Å². The summed E-state index contributed by atoms with van der Waals surface area (Å²) in [6.07, 6.45) is 1.38. The van der Waals surface area contributed by atoms with Gasteiger partial charge in [0.2, 0.25) is 0 Å². The molecule has 0 saturated heterocycles. The van der Waals surface area contributed by atoms with Crippen LogP contribution in [0.4, 0.5) is 17.2 Å². The highest BCUT2D eigenvalue weighted by Gasteiger charge is 2.09. The Morgan fingerprint density at radius 1 is 0.957 bits per heavy atom. The van der Waals surface area contributed by atoms with E-state index in [2.05, 4.69) is 20.6 Å². The van der Waals surface area contributed by atoms with Gasteiger partial charge in [-0.15, -0.1) is 0 Å². The van der Waals surface area contributed by atoms with Crippen molar-refractivity contribution in [2.75, 3.05) is 10.6 Å². The molecule has 0 aliphatic heterocycles. The highest BCUT2D eigenvalue weighted by atomic mass is 16.1. The number of nitrogens with one attached hydrogen (secondary N) is 2. The zero-order valence-electron chi connectivity index (χ0n) is 12.7. The zero-order chi connectivity index (χ0) is 16.1. The van der Waals surface area contributed by atoms with Crippen LogP contribution in [-0.4, -0.2) is 15.9 Å². The lowest BCUT2D eigenvalue weighted by molar-refractivity contribution is 0.102. The number of benzene rings is 2. The summed E-state index contributed by atoms with van der Waals surface area (Å²) in [5, 5.41) is 6.00. The van der Waals surface area contributed by atoms with Gasteiger partial charge < -0.3 is 10.6 Å². The number of aryl methyl sites for hydroxylation is 1. The Morgan fingerprint density at radius 3 is 2.48 bits per heavy atom. The minimum Gasteiger partial charge on any atom is -0.340 e. The lowest BCUT2D eigenvalue weighted by Gasteiger charge is -2.09. The molecule has 2 N–H and O–H groups in total. The molecule has 23 heavy (non-hydrogen) atoms. The molecular weight excluding hydrogens is 288 g/mol. The first-order valence-electron chi connectivity index (χ1n) is 7.23. The van der Waals surface area contributed by atoms with Gasteiger partial charge in [-0.05, 0) is 30.7 Å². The topological polar surface area (TPSA) is 66.9 Å². The van der Waals surface area contributed by atoms with Crippen LogP contribution in [0, 0.1) is 6.92 Å². The molecule has 0 atom stereocenters. The number of aromatic nitrogens is 2. The maximum Gasteiger partial charge on any atom is 0.274 e. The van der Waals surface area contributed by atoms with E-state index < -0.39 is 0 Å². The van der Waals surface area contributed by atoms with Crippen molar-refractivity contribution in [1.82, 2.24) is 9.97 Å². The highest BCUT2D eigenvalue weighted by Crippen LogP contribution is 2.18. The third-order valence-corrected chi connectivity index (χ3v) is 3.34. The van der Waals surface area contributed by atoms with Crippen molar-refractivity contribution in [3.05, 3.63) is 78.2 Å². The van der Waals surface area contributed by atoms with Crippen LogP contribution < -0.4 is 10.6 Å². The summed E-state index contributed by atoms with van der Waals surface area (Å²) >= 11 is 0. The number of hydrogen-bond donors (Lipinski definition) is 2. The second kappa shape index (κ2) is 6.70. The quantitative estimate of drug-likeness (QED) is 0.769. The third-order valence-electron chi connectivity index (χ3n) is 3.34. The predicted molar refractivity (Wildman–Crippen MR) is 90.9 cm³/mol.